The van der Waals surface area contributed by atoms with Crippen LogP contribution in [0, 0.1) is 0 Å². The van der Waals surface area contributed by atoms with Crippen LogP contribution in [0.1, 0.15) is 16.7 Å². The van der Waals surface area contributed by atoms with E-state index in [1.54, 1.807) is 28.6 Å². The van der Waals surface area contributed by atoms with Crippen molar-refractivity contribution in [2.75, 3.05) is 6.54 Å². The molecule has 3 rings (SSSR count). The van der Waals surface area contributed by atoms with E-state index in [4.69, 9.17) is 11.6 Å². The summed E-state index contributed by atoms with van der Waals surface area (Å²) in [7, 11) is -3.30. The number of sulfonamides is 1. The molecule has 0 amide bonds. The first-order valence-electron chi connectivity index (χ1n) is 6.84. The molecule has 21 heavy (non-hydrogen) atoms. The molecule has 5 heteroatoms. The number of fused-ring (bicyclic) bond motifs is 1. The molecule has 1 aliphatic rings. The Hall–Kier alpha value is -1.36. The van der Waals surface area contributed by atoms with Crippen molar-refractivity contribution in [2.45, 2.75) is 18.7 Å². The highest BCUT2D eigenvalue weighted by atomic mass is 35.5. The molecule has 0 saturated carbocycles. The zero-order valence-electron chi connectivity index (χ0n) is 11.5. The van der Waals surface area contributed by atoms with E-state index in [0.717, 1.165) is 17.5 Å². The molecule has 1 heterocycles. The fourth-order valence-corrected chi connectivity index (χ4v) is 4.22. The maximum absolute atomic E-state index is 12.5. The Bertz CT molecular complexity index is 741. The maximum Gasteiger partial charge on any atom is 0.218 e. The molecule has 0 saturated heterocycles. The minimum absolute atomic E-state index is 0.0202. The lowest BCUT2D eigenvalue weighted by Crippen LogP contribution is -2.36. The fourth-order valence-electron chi connectivity index (χ4n) is 2.59. The highest BCUT2D eigenvalue weighted by Crippen LogP contribution is 2.23. The summed E-state index contributed by atoms with van der Waals surface area (Å²) in [5.41, 5.74) is 3.11. The first-order valence-corrected chi connectivity index (χ1v) is 8.82. The summed E-state index contributed by atoms with van der Waals surface area (Å²) in [5.74, 6) is 0.0202. The number of hydrogen-bond acceptors (Lipinski definition) is 2. The van der Waals surface area contributed by atoms with Gasteiger partial charge in [-0.2, -0.15) is 4.31 Å². The molecule has 0 spiro atoms. The minimum atomic E-state index is -3.30. The predicted octanol–water partition coefficient (Wildman–Crippen LogP) is 3.23. The second kappa shape index (κ2) is 5.79. The van der Waals surface area contributed by atoms with Gasteiger partial charge in [0.2, 0.25) is 10.0 Å². The molecule has 110 valence electrons. The van der Waals surface area contributed by atoms with Crippen molar-refractivity contribution in [3.05, 3.63) is 70.2 Å². The average Bonchev–Trinajstić information content (AvgIpc) is 2.49. The third-order valence-corrected chi connectivity index (χ3v) is 5.80. The summed E-state index contributed by atoms with van der Waals surface area (Å²) in [5, 5.41) is 0.614. The topological polar surface area (TPSA) is 37.4 Å². The lowest BCUT2D eigenvalue weighted by molar-refractivity contribution is 0.391. The van der Waals surface area contributed by atoms with Gasteiger partial charge in [-0.1, -0.05) is 48.0 Å². The van der Waals surface area contributed by atoms with Gasteiger partial charge in [0.25, 0.3) is 0 Å². The van der Waals surface area contributed by atoms with E-state index in [1.807, 2.05) is 18.2 Å². The Labute approximate surface area is 130 Å². The van der Waals surface area contributed by atoms with Crippen molar-refractivity contribution in [1.82, 2.24) is 4.31 Å². The van der Waals surface area contributed by atoms with Crippen LogP contribution in [0.4, 0.5) is 0 Å². The summed E-state index contributed by atoms with van der Waals surface area (Å²) in [6.07, 6.45) is 0.774. The first-order chi connectivity index (χ1) is 10.0. The second-order valence-corrected chi connectivity index (χ2v) is 7.64. The van der Waals surface area contributed by atoms with Crippen molar-refractivity contribution >= 4 is 21.6 Å². The maximum atomic E-state index is 12.5. The van der Waals surface area contributed by atoms with Crippen LogP contribution in [0.15, 0.2) is 48.5 Å². The lowest BCUT2D eigenvalue weighted by atomic mass is 10.0. The van der Waals surface area contributed by atoms with Crippen LogP contribution in [-0.4, -0.2) is 19.3 Å². The zero-order chi connectivity index (χ0) is 14.9. The Morgan fingerprint density at radius 1 is 1.00 bits per heavy atom. The average molecular weight is 322 g/mol. The molecule has 0 atom stereocenters. The number of benzene rings is 2. The fraction of sp³-hybridized carbons (Fsp3) is 0.250. The summed E-state index contributed by atoms with van der Waals surface area (Å²) < 4.78 is 26.7. The van der Waals surface area contributed by atoms with Crippen molar-refractivity contribution in [3.8, 4) is 0 Å². The Morgan fingerprint density at radius 2 is 1.67 bits per heavy atom. The van der Waals surface area contributed by atoms with Crippen LogP contribution in [-0.2, 0) is 28.7 Å². The lowest BCUT2D eigenvalue weighted by Gasteiger charge is -2.28. The van der Waals surface area contributed by atoms with Gasteiger partial charge in [-0.15, -0.1) is 0 Å². The molecule has 0 unspecified atom stereocenters. The third kappa shape index (κ3) is 3.28. The second-order valence-electron chi connectivity index (χ2n) is 5.23. The number of hydrogen-bond donors (Lipinski definition) is 0. The van der Waals surface area contributed by atoms with E-state index in [-0.39, 0.29) is 5.75 Å². The molecular formula is C16H16ClNO2S. The number of nitrogens with zero attached hydrogens (tertiary/aromatic N) is 1. The Kier molecular flexibility index (Phi) is 4.02. The molecule has 0 bridgehead atoms. The van der Waals surface area contributed by atoms with Crippen LogP contribution in [0.5, 0.6) is 0 Å². The van der Waals surface area contributed by atoms with E-state index < -0.39 is 10.0 Å². The minimum Gasteiger partial charge on any atom is -0.212 e. The van der Waals surface area contributed by atoms with Gasteiger partial charge in [-0.05, 0) is 35.2 Å². The zero-order valence-corrected chi connectivity index (χ0v) is 13.1. The largest absolute Gasteiger partial charge is 0.218 e. The van der Waals surface area contributed by atoms with Gasteiger partial charge in [0, 0.05) is 18.1 Å². The van der Waals surface area contributed by atoms with E-state index in [1.165, 1.54) is 5.56 Å². The highest BCUT2D eigenvalue weighted by molar-refractivity contribution is 7.88. The smallest absolute Gasteiger partial charge is 0.212 e. The van der Waals surface area contributed by atoms with Gasteiger partial charge in [0.1, 0.15) is 0 Å². The van der Waals surface area contributed by atoms with Crippen molar-refractivity contribution < 1.29 is 8.42 Å². The van der Waals surface area contributed by atoms with E-state index in [9.17, 15) is 8.42 Å². The quantitative estimate of drug-likeness (QED) is 0.870. The van der Waals surface area contributed by atoms with Crippen LogP contribution in [0.2, 0.25) is 5.02 Å². The van der Waals surface area contributed by atoms with Crippen LogP contribution < -0.4 is 0 Å². The van der Waals surface area contributed by atoms with Gasteiger partial charge >= 0.3 is 0 Å². The van der Waals surface area contributed by atoms with Crippen LogP contribution in [0.25, 0.3) is 0 Å². The molecule has 3 nitrogen and oxygen atoms in total. The van der Waals surface area contributed by atoms with Gasteiger partial charge < -0.3 is 0 Å². The molecule has 0 N–H and O–H groups in total. The molecular weight excluding hydrogens is 306 g/mol. The summed E-state index contributed by atoms with van der Waals surface area (Å²) >= 11 is 5.83. The Balaban J connectivity index is 1.78. The molecule has 2 aromatic rings. The molecule has 0 radical (unpaired) electrons. The molecule has 0 fully saturated rings. The predicted molar refractivity (Wildman–Crippen MR) is 84.6 cm³/mol. The van der Waals surface area contributed by atoms with E-state index in [2.05, 4.69) is 6.07 Å². The monoisotopic (exact) mass is 321 g/mol. The normalized spacial score (nSPS) is 15.7. The van der Waals surface area contributed by atoms with Crippen LogP contribution in [0.3, 0.4) is 0 Å². The molecule has 0 aromatic heterocycles. The molecule has 0 aliphatic carbocycles. The van der Waals surface area contributed by atoms with E-state index >= 15 is 0 Å². The summed E-state index contributed by atoms with van der Waals surface area (Å²) in [6, 6.07) is 15.0. The molecule has 2 aromatic carbocycles. The van der Waals surface area contributed by atoms with Crippen LogP contribution >= 0.6 is 11.6 Å². The van der Waals surface area contributed by atoms with Crippen molar-refractivity contribution in [3.63, 3.8) is 0 Å². The van der Waals surface area contributed by atoms with Crippen molar-refractivity contribution in [1.29, 1.82) is 0 Å². The number of halogens is 1. The van der Waals surface area contributed by atoms with E-state index in [0.29, 0.717) is 18.1 Å². The summed E-state index contributed by atoms with van der Waals surface area (Å²) in [6.45, 7) is 1.01. The Morgan fingerprint density at radius 3 is 2.38 bits per heavy atom. The third-order valence-electron chi connectivity index (χ3n) is 3.75. The highest BCUT2D eigenvalue weighted by Gasteiger charge is 2.26. The number of rotatable bonds is 3. The SMILES string of the molecule is O=S(=O)(Cc1ccc(Cl)cc1)N1CCc2ccccc2C1. The first kappa shape index (κ1) is 14.6. The van der Waals surface area contributed by atoms with Crippen molar-refractivity contribution in [2.24, 2.45) is 0 Å². The van der Waals surface area contributed by atoms with Gasteiger partial charge in [-0.3, -0.25) is 0 Å². The molecule has 1 aliphatic heterocycles. The van der Waals surface area contributed by atoms with Gasteiger partial charge in [-0.25, -0.2) is 8.42 Å². The standard InChI is InChI=1S/C16H16ClNO2S/c17-16-7-5-13(6-8-16)12-21(19,20)18-10-9-14-3-1-2-4-15(14)11-18/h1-8H,9-12H2. The van der Waals surface area contributed by atoms with Gasteiger partial charge in [0.05, 0.1) is 5.75 Å². The summed E-state index contributed by atoms with van der Waals surface area (Å²) in [4.78, 5) is 0. The van der Waals surface area contributed by atoms with Gasteiger partial charge in [0.15, 0.2) is 0 Å².